The Morgan fingerprint density at radius 3 is 2.47 bits per heavy atom. The highest BCUT2D eigenvalue weighted by Crippen LogP contribution is 2.45. The van der Waals surface area contributed by atoms with E-state index in [0.717, 1.165) is 23.4 Å². The maximum Gasteiger partial charge on any atom is 0.264 e. The van der Waals surface area contributed by atoms with Gasteiger partial charge >= 0.3 is 0 Å². The third-order valence-electron chi connectivity index (χ3n) is 8.17. The minimum Gasteiger partial charge on any atom is -0.395 e. The van der Waals surface area contributed by atoms with Crippen LogP contribution in [0.1, 0.15) is 30.0 Å². The highest BCUT2D eigenvalue weighted by molar-refractivity contribution is 6.07. The van der Waals surface area contributed by atoms with Gasteiger partial charge in [0.2, 0.25) is 11.8 Å². The van der Waals surface area contributed by atoms with Gasteiger partial charge in [0.25, 0.3) is 5.91 Å². The summed E-state index contributed by atoms with van der Waals surface area (Å²) in [7, 11) is 0. The molecule has 2 aliphatic heterocycles. The fraction of sp³-hybridized carbons (Fsp3) is 0.324. The summed E-state index contributed by atoms with van der Waals surface area (Å²) < 4.78 is 0. The SMILES string of the molecule is C[C@@H](/C=C/CC(=O)N(CCO)Cc1ccccc1)[C@]1(O)C(=O)N(Cc2ccc(N3CCNCC3=O)cc2)c2ccccc21. The molecule has 0 aromatic heterocycles. The lowest BCUT2D eigenvalue weighted by Gasteiger charge is -2.28. The minimum absolute atomic E-state index is 0.0220. The Morgan fingerprint density at radius 2 is 1.74 bits per heavy atom. The van der Waals surface area contributed by atoms with Crippen LogP contribution in [0.15, 0.2) is 91.0 Å². The molecule has 2 heterocycles. The minimum atomic E-state index is -1.79. The van der Waals surface area contributed by atoms with Crippen molar-refractivity contribution in [1.29, 1.82) is 0 Å². The van der Waals surface area contributed by atoms with Crippen LogP contribution in [0.25, 0.3) is 0 Å². The molecule has 5 rings (SSSR count). The summed E-state index contributed by atoms with van der Waals surface area (Å²) in [6, 6.07) is 24.4. The van der Waals surface area contributed by atoms with E-state index in [9.17, 15) is 24.6 Å². The van der Waals surface area contributed by atoms with Crippen molar-refractivity contribution in [1.82, 2.24) is 10.2 Å². The van der Waals surface area contributed by atoms with Gasteiger partial charge in [-0.05, 0) is 29.3 Å². The Morgan fingerprint density at radius 1 is 1.02 bits per heavy atom. The van der Waals surface area contributed by atoms with Crippen LogP contribution in [-0.4, -0.2) is 65.6 Å². The summed E-state index contributed by atoms with van der Waals surface area (Å²) in [4.78, 5) is 44.1. The van der Waals surface area contributed by atoms with Crippen LogP contribution < -0.4 is 15.1 Å². The summed E-state index contributed by atoms with van der Waals surface area (Å²) in [5, 5.41) is 24.5. The number of aliphatic hydroxyl groups excluding tert-OH is 1. The van der Waals surface area contributed by atoms with Crippen LogP contribution >= 0.6 is 0 Å². The van der Waals surface area contributed by atoms with Gasteiger partial charge < -0.3 is 30.2 Å². The number of carbonyl (C=O) groups is 3. The summed E-state index contributed by atoms with van der Waals surface area (Å²) in [5.74, 6) is -1.17. The summed E-state index contributed by atoms with van der Waals surface area (Å²) in [6.45, 7) is 4.15. The number of para-hydroxylation sites is 1. The molecule has 3 N–H and O–H groups in total. The topological polar surface area (TPSA) is 113 Å². The highest BCUT2D eigenvalue weighted by Gasteiger charge is 2.52. The Balaban J connectivity index is 1.28. The molecule has 2 aliphatic rings. The predicted octanol–water partition coefficient (Wildman–Crippen LogP) is 2.96. The molecule has 0 spiro atoms. The van der Waals surface area contributed by atoms with E-state index >= 15 is 0 Å². The fourth-order valence-corrected chi connectivity index (χ4v) is 5.76. The van der Waals surface area contributed by atoms with Crippen molar-refractivity contribution in [2.75, 3.05) is 42.6 Å². The van der Waals surface area contributed by atoms with Crippen molar-refractivity contribution in [3.05, 3.63) is 108 Å². The van der Waals surface area contributed by atoms with Crippen molar-refractivity contribution in [2.24, 2.45) is 5.92 Å². The number of hydrogen-bond donors (Lipinski definition) is 3. The summed E-state index contributed by atoms with van der Waals surface area (Å²) in [5.41, 5.74) is 2.03. The summed E-state index contributed by atoms with van der Waals surface area (Å²) in [6.07, 6.45) is 3.48. The molecule has 1 saturated heterocycles. The van der Waals surface area contributed by atoms with Gasteiger partial charge in [0, 0.05) is 49.8 Å². The zero-order valence-electron chi connectivity index (χ0n) is 24.4. The second kappa shape index (κ2) is 13.3. The molecule has 9 heteroatoms. The van der Waals surface area contributed by atoms with Crippen LogP contribution in [0.2, 0.25) is 0 Å². The molecule has 0 radical (unpaired) electrons. The largest absolute Gasteiger partial charge is 0.395 e. The first-order chi connectivity index (χ1) is 20.8. The molecule has 0 unspecified atom stereocenters. The Hall–Kier alpha value is -4.31. The Bertz CT molecular complexity index is 1480. The molecule has 3 amide bonds. The molecule has 43 heavy (non-hydrogen) atoms. The van der Waals surface area contributed by atoms with Crippen molar-refractivity contribution in [3.63, 3.8) is 0 Å². The van der Waals surface area contributed by atoms with E-state index in [1.807, 2.05) is 66.7 Å². The number of hydrogen-bond acceptors (Lipinski definition) is 6. The smallest absolute Gasteiger partial charge is 0.264 e. The van der Waals surface area contributed by atoms with Gasteiger partial charge in [-0.1, -0.05) is 79.7 Å². The molecule has 3 aromatic rings. The van der Waals surface area contributed by atoms with E-state index < -0.39 is 17.4 Å². The number of nitrogens with zero attached hydrogens (tertiary/aromatic N) is 3. The maximum absolute atomic E-state index is 13.9. The number of anilines is 2. The van der Waals surface area contributed by atoms with E-state index in [-0.39, 0.29) is 37.9 Å². The quantitative estimate of drug-likeness (QED) is 0.300. The van der Waals surface area contributed by atoms with Crippen LogP contribution in [0.4, 0.5) is 11.4 Å². The normalized spacial score (nSPS) is 19.1. The number of aliphatic hydroxyl groups is 2. The standard InChI is InChI=1S/C34H38N4O5/c1-25(8-7-13-31(40)36(20-21-39)23-26-9-3-2-4-10-26)34(43)29-11-5-6-12-30(29)38(33(34)42)24-27-14-16-28(17-15-27)37-19-18-35-22-32(37)41/h2-12,14-17,25,35,39,43H,13,18-24H2,1H3/b8-7+/t25-,34+/m0/s1. The van der Waals surface area contributed by atoms with E-state index in [0.29, 0.717) is 30.9 Å². The van der Waals surface area contributed by atoms with Crippen LogP contribution in [0.5, 0.6) is 0 Å². The number of amides is 3. The van der Waals surface area contributed by atoms with Gasteiger partial charge in [0.15, 0.2) is 5.60 Å². The van der Waals surface area contributed by atoms with Gasteiger partial charge in [-0.3, -0.25) is 14.4 Å². The highest BCUT2D eigenvalue weighted by atomic mass is 16.3. The number of fused-ring (bicyclic) bond motifs is 1. The second-order valence-electron chi connectivity index (χ2n) is 11.0. The molecule has 0 bridgehead atoms. The lowest BCUT2D eigenvalue weighted by molar-refractivity contribution is -0.139. The van der Waals surface area contributed by atoms with E-state index in [1.165, 1.54) is 0 Å². The lowest BCUT2D eigenvalue weighted by atomic mass is 9.83. The first-order valence-electron chi connectivity index (χ1n) is 14.7. The second-order valence-corrected chi connectivity index (χ2v) is 11.0. The Kier molecular flexibility index (Phi) is 9.35. The molecule has 0 saturated carbocycles. The van der Waals surface area contributed by atoms with E-state index in [2.05, 4.69) is 5.32 Å². The van der Waals surface area contributed by atoms with Crippen molar-refractivity contribution < 1.29 is 24.6 Å². The first-order valence-corrected chi connectivity index (χ1v) is 14.7. The average Bonchev–Trinajstić information content (AvgIpc) is 3.24. The lowest BCUT2D eigenvalue weighted by Crippen LogP contribution is -2.48. The molecule has 9 nitrogen and oxygen atoms in total. The summed E-state index contributed by atoms with van der Waals surface area (Å²) >= 11 is 0. The van der Waals surface area contributed by atoms with E-state index in [4.69, 9.17) is 0 Å². The third-order valence-corrected chi connectivity index (χ3v) is 8.17. The third kappa shape index (κ3) is 6.39. The van der Waals surface area contributed by atoms with Crippen LogP contribution in [0.3, 0.4) is 0 Å². The van der Waals surface area contributed by atoms with Gasteiger partial charge in [-0.25, -0.2) is 0 Å². The van der Waals surface area contributed by atoms with Crippen molar-refractivity contribution in [2.45, 2.75) is 32.0 Å². The molecule has 2 atom stereocenters. The zero-order valence-corrected chi connectivity index (χ0v) is 24.4. The van der Waals surface area contributed by atoms with Gasteiger partial charge in [0.1, 0.15) is 0 Å². The molecule has 3 aromatic carbocycles. The van der Waals surface area contributed by atoms with Gasteiger partial charge in [0.05, 0.1) is 25.4 Å². The predicted molar refractivity (Wildman–Crippen MR) is 165 cm³/mol. The zero-order chi connectivity index (χ0) is 30.4. The molecule has 224 valence electrons. The number of carbonyl (C=O) groups excluding carboxylic acids is 3. The maximum atomic E-state index is 13.9. The van der Waals surface area contributed by atoms with Crippen LogP contribution in [-0.2, 0) is 33.1 Å². The molecular weight excluding hydrogens is 544 g/mol. The number of piperazine rings is 1. The molecular formula is C34H38N4O5. The van der Waals surface area contributed by atoms with Crippen molar-refractivity contribution >= 4 is 29.1 Å². The fourth-order valence-electron chi connectivity index (χ4n) is 5.76. The monoisotopic (exact) mass is 582 g/mol. The number of rotatable bonds is 11. The number of benzene rings is 3. The Labute approximate surface area is 252 Å². The van der Waals surface area contributed by atoms with Gasteiger partial charge in [-0.15, -0.1) is 0 Å². The van der Waals surface area contributed by atoms with Crippen LogP contribution in [0, 0.1) is 5.92 Å². The first kappa shape index (κ1) is 30.2. The number of nitrogens with one attached hydrogen (secondary N) is 1. The molecule has 1 fully saturated rings. The average molecular weight is 583 g/mol. The molecule has 0 aliphatic carbocycles. The van der Waals surface area contributed by atoms with E-state index in [1.54, 1.807) is 45.9 Å². The van der Waals surface area contributed by atoms with Gasteiger partial charge in [-0.2, -0.15) is 0 Å². The van der Waals surface area contributed by atoms with Crippen molar-refractivity contribution in [3.8, 4) is 0 Å².